The normalized spacial score (nSPS) is 11.6. The minimum atomic E-state index is -4.77. The Bertz CT molecular complexity index is 5300. The summed E-state index contributed by atoms with van der Waals surface area (Å²) in [6, 6.07) is 90.6. The molecule has 92 heavy (non-hydrogen) atoms. The summed E-state index contributed by atoms with van der Waals surface area (Å²) in [5, 5.41) is 3.46. The van der Waals surface area contributed by atoms with Crippen LogP contribution in [0.15, 0.2) is 304 Å². The van der Waals surface area contributed by atoms with Gasteiger partial charge < -0.3 is 9.13 Å². The number of pyridine rings is 4. The van der Waals surface area contributed by atoms with Gasteiger partial charge in [-0.15, -0.1) is 0 Å². The van der Waals surface area contributed by atoms with Crippen molar-refractivity contribution < 1.29 is 13.2 Å². The second-order valence-electron chi connectivity index (χ2n) is 22.6. The highest BCUT2D eigenvalue weighted by Gasteiger charge is 2.35. The lowest BCUT2D eigenvalue weighted by Gasteiger charge is -2.22. The number of benzene rings is 10. The van der Waals surface area contributed by atoms with Crippen LogP contribution in [0.5, 0.6) is 0 Å². The van der Waals surface area contributed by atoms with Crippen molar-refractivity contribution in [2.75, 3.05) is 0 Å². The van der Waals surface area contributed by atoms with E-state index in [1.807, 2.05) is 168 Å². The van der Waals surface area contributed by atoms with Gasteiger partial charge in [0.25, 0.3) is 0 Å². The highest BCUT2D eigenvalue weighted by Crippen LogP contribution is 2.50. The van der Waals surface area contributed by atoms with Crippen molar-refractivity contribution in [3.63, 3.8) is 0 Å². The van der Waals surface area contributed by atoms with E-state index < -0.39 is 11.7 Å². The molecular weight excluding hydrogens is 1140 g/mol. The Morgan fingerprint density at radius 2 is 0.609 bits per heavy atom. The fourth-order valence-corrected chi connectivity index (χ4v) is 13.3. The summed E-state index contributed by atoms with van der Waals surface area (Å²) in [5.41, 5.74) is 16.8. The van der Waals surface area contributed by atoms with Crippen molar-refractivity contribution in [2.45, 2.75) is 6.18 Å². The fraction of sp³-hybridized carbons (Fsp3) is 0.0122. The second-order valence-corrected chi connectivity index (χ2v) is 22.6. The Morgan fingerprint density at radius 1 is 0.293 bits per heavy atom. The Kier molecular flexibility index (Phi) is 13.6. The zero-order valence-electron chi connectivity index (χ0n) is 49.1. The lowest BCUT2D eigenvalue weighted by Crippen LogP contribution is -2.09. The molecule has 0 saturated carbocycles. The minimum Gasteiger partial charge on any atom is -0.319 e. The molecule has 0 N–H and O–H groups in total. The summed E-state index contributed by atoms with van der Waals surface area (Å²) in [5.74, 6) is 0. The van der Waals surface area contributed by atoms with Crippen molar-refractivity contribution in [2.24, 2.45) is 0 Å². The molecule has 0 aliphatic carbocycles. The third-order valence-electron chi connectivity index (χ3n) is 17.4. The maximum Gasteiger partial charge on any atom is 0.417 e. The first-order chi connectivity index (χ1) is 45.3. The Hall–Kier alpha value is -12.3. The smallest absolute Gasteiger partial charge is 0.319 e. The van der Waals surface area contributed by atoms with Crippen molar-refractivity contribution >= 4 is 49.3 Å². The molecule has 434 valence electrons. The van der Waals surface area contributed by atoms with Gasteiger partial charge in [-0.1, -0.05) is 218 Å². The first-order valence-corrected chi connectivity index (χ1v) is 30.2. The van der Waals surface area contributed by atoms with E-state index in [2.05, 4.69) is 94.3 Å². The molecular formula is C82H50F3N7. The van der Waals surface area contributed by atoms with Gasteiger partial charge in [0, 0.05) is 90.8 Å². The zero-order valence-corrected chi connectivity index (χ0v) is 49.1. The highest BCUT2D eigenvalue weighted by molar-refractivity contribution is 6.15. The minimum absolute atomic E-state index is 0.0761. The van der Waals surface area contributed by atoms with E-state index in [4.69, 9.17) is 19.9 Å². The summed E-state index contributed by atoms with van der Waals surface area (Å²) in [6.45, 7) is 9.74. The van der Waals surface area contributed by atoms with E-state index in [-0.39, 0.29) is 22.5 Å². The third kappa shape index (κ3) is 9.46. The van der Waals surface area contributed by atoms with E-state index in [1.54, 1.807) is 36.9 Å². The molecule has 0 unspecified atom stereocenters. The number of hydrogen-bond donors (Lipinski definition) is 0. The predicted octanol–water partition coefficient (Wildman–Crippen LogP) is 22.0. The Morgan fingerprint density at radius 3 is 0.946 bits per heavy atom. The number of alkyl halides is 3. The van der Waals surface area contributed by atoms with Crippen LogP contribution in [0.25, 0.3) is 160 Å². The maximum atomic E-state index is 15.9. The molecule has 0 radical (unpaired) electrons. The average molecular weight is 1190 g/mol. The monoisotopic (exact) mass is 1190 g/mol. The predicted molar refractivity (Wildman–Crippen MR) is 366 cm³/mol. The first-order valence-electron chi connectivity index (χ1n) is 30.2. The number of nitrogens with zero attached hydrogens (tertiary/aromatic N) is 7. The molecule has 0 aliphatic rings. The van der Waals surface area contributed by atoms with Crippen LogP contribution < -0.4 is 0 Å². The van der Waals surface area contributed by atoms with Crippen LogP contribution in [-0.4, -0.2) is 29.1 Å². The Labute approximate surface area is 527 Å². The Balaban J connectivity index is 1.05. The second kappa shape index (κ2) is 22.7. The number of fused-ring (bicyclic) bond motifs is 6. The molecule has 6 aromatic heterocycles. The van der Waals surface area contributed by atoms with Crippen molar-refractivity contribution in [1.29, 1.82) is 0 Å². The van der Waals surface area contributed by atoms with E-state index in [1.165, 1.54) is 12.1 Å². The average Bonchev–Trinajstić information content (AvgIpc) is 1.53. The van der Waals surface area contributed by atoms with Crippen molar-refractivity contribution in [1.82, 2.24) is 29.1 Å². The molecule has 0 bridgehead atoms. The van der Waals surface area contributed by atoms with E-state index in [0.717, 1.165) is 128 Å². The number of aromatic nitrogens is 6. The molecule has 0 aliphatic heterocycles. The lowest BCUT2D eigenvalue weighted by molar-refractivity contribution is -0.137. The van der Waals surface area contributed by atoms with Crippen LogP contribution in [0.4, 0.5) is 18.9 Å². The molecule has 0 saturated heterocycles. The standard InChI is InChI=1S/C82H50F3N7/c1-86-80-71(91-72-48-56(60-29-16-44-87-76(60)52-20-6-2-7-21-52)34-38-65(72)66-39-35-57(49-73(66)91)61-30-17-45-88-77(61)53-22-8-3-9-23-53)43-42-69(64-28-14-15-33-70(64)82(83,84)85)81(80)92-74-50-58(62-31-18-46-89-78(62)54-24-10-4-11-25-54)36-40-67(74)68-41-37-59(51-75(68)92)63-32-19-47-90-79(63)55-26-12-5-13-27-55/h2-51H. The SMILES string of the molecule is [C-]#[N+]c1c(-n2c3cc(-c4cccnc4-c4ccccc4)ccc3c3ccc(-c4cccnc4-c4ccccc4)cc32)ccc(-c2ccccc2C(F)(F)F)c1-n1c2cc(-c3cccnc3-c3ccccc3)ccc2c2ccc(-c3cccnc3-c3ccccc3)cc21. The summed E-state index contributed by atoms with van der Waals surface area (Å²) in [4.78, 5) is 24.4. The van der Waals surface area contributed by atoms with Crippen molar-refractivity contribution in [3.05, 3.63) is 321 Å². The zero-order chi connectivity index (χ0) is 61.9. The highest BCUT2D eigenvalue weighted by atomic mass is 19.4. The topological polar surface area (TPSA) is 65.8 Å². The van der Waals surface area contributed by atoms with Gasteiger partial charge >= 0.3 is 6.18 Å². The molecule has 10 aromatic carbocycles. The van der Waals surface area contributed by atoms with Gasteiger partial charge in [-0.25, -0.2) is 4.85 Å². The van der Waals surface area contributed by atoms with Gasteiger partial charge in [0.05, 0.1) is 68.4 Å². The number of halogens is 3. The van der Waals surface area contributed by atoms with E-state index >= 15 is 13.2 Å². The van der Waals surface area contributed by atoms with Crippen LogP contribution >= 0.6 is 0 Å². The van der Waals surface area contributed by atoms with Gasteiger partial charge in [0.1, 0.15) is 0 Å². The summed E-state index contributed by atoms with van der Waals surface area (Å²) in [7, 11) is 0. The van der Waals surface area contributed by atoms with E-state index in [0.29, 0.717) is 16.7 Å². The molecule has 0 amide bonds. The molecule has 10 heteroatoms. The first kappa shape index (κ1) is 55.0. The van der Waals surface area contributed by atoms with Crippen LogP contribution in [0.1, 0.15) is 5.56 Å². The van der Waals surface area contributed by atoms with E-state index in [9.17, 15) is 6.57 Å². The molecule has 7 nitrogen and oxygen atoms in total. The number of rotatable bonds is 11. The molecule has 16 rings (SSSR count). The molecule has 0 atom stereocenters. The van der Waals surface area contributed by atoms with Crippen LogP contribution in [0.2, 0.25) is 0 Å². The van der Waals surface area contributed by atoms with Gasteiger partial charge in [-0.05, 0) is 94.0 Å². The third-order valence-corrected chi connectivity index (χ3v) is 17.4. The van der Waals surface area contributed by atoms with Crippen LogP contribution in [0.3, 0.4) is 0 Å². The molecule has 6 heterocycles. The van der Waals surface area contributed by atoms with Crippen LogP contribution in [0, 0.1) is 6.57 Å². The molecule has 0 spiro atoms. The quantitative estimate of drug-likeness (QED) is 0.121. The maximum absolute atomic E-state index is 15.9. The number of hydrogen-bond acceptors (Lipinski definition) is 4. The van der Waals surface area contributed by atoms with Crippen molar-refractivity contribution in [3.8, 4) is 112 Å². The fourth-order valence-electron chi connectivity index (χ4n) is 13.3. The van der Waals surface area contributed by atoms with Gasteiger partial charge in [-0.3, -0.25) is 19.9 Å². The largest absolute Gasteiger partial charge is 0.417 e. The summed E-state index contributed by atoms with van der Waals surface area (Å²) >= 11 is 0. The van der Waals surface area contributed by atoms with Gasteiger partial charge in [-0.2, -0.15) is 13.2 Å². The molecule has 0 fully saturated rings. The van der Waals surface area contributed by atoms with Crippen LogP contribution in [-0.2, 0) is 6.18 Å². The molecule has 16 aromatic rings. The van der Waals surface area contributed by atoms with Gasteiger partial charge in [0.15, 0.2) is 0 Å². The lowest BCUT2D eigenvalue weighted by atomic mass is 9.95. The van der Waals surface area contributed by atoms with Gasteiger partial charge in [0.2, 0.25) is 5.69 Å². The summed E-state index contributed by atoms with van der Waals surface area (Å²) in [6.07, 6.45) is 2.38. The summed E-state index contributed by atoms with van der Waals surface area (Å²) < 4.78 is 51.9.